The Bertz CT molecular complexity index is 870. The molecular weight excluding hydrogens is 302 g/mol. The van der Waals surface area contributed by atoms with Gasteiger partial charge in [-0.15, -0.1) is 6.58 Å². The third kappa shape index (κ3) is 3.12. The minimum Gasteiger partial charge on any atom is -0.340 e. The lowest BCUT2D eigenvalue weighted by molar-refractivity contribution is 0.252. The van der Waals surface area contributed by atoms with Crippen molar-refractivity contribution in [3.8, 4) is 11.1 Å². The molecule has 0 radical (unpaired) electrons. The molecule has 24 heavy (non-hydrogen) atoms. The summed E-state index contributed by atoms with van der Waals surface area (Å²) in [6, 6.07) is 5.69. The molecule has 2 amide bonds. The molecule has 0 saturated heterocycles. The van der Waals surface area contributed by atoms with Gasteiger partial charge in [0, 0.05) is 49.0 Å². The Balaban J connectivity index is 2.06. The van der Waals surface area contributed by atoms with Gasteiger partial charge < -0.3 is 15.2 Å². The second-order valence-corrected chi connectivity index (χ2v) is 5.30. The first-order valence-corrected chi connectivity index (χ1v) is 7.78. The average Bonchev–Trinajstić information content (AvgIpc) is 2.93. The lowest BCUT2D eigenvalue weighted by Crippen LogP contribution is -2.28. The summed E-state index contributed by atoms with van der Waals surface area (Å²) in [6.07, 6.45) is 9.02. The van der Waals surface area contributed by atoms with Gasteiger partial charge in [0.1, 0.15) is 5.52 Å². The molecule has 0 unspecified atom stereocenters. The lowest BCUT2D eigenvalue weighted by Gasteiger charge is -2.05. The Labute approximate surface area is 140 Å². The fourth-order valence-corrected chi connectivity index (χ4v) is 2.57. The standard InChI is InChI=1S/C18H19N5O/c1-3-8-23-12-15(22-18(24)20-4-2)17-16(23)9-14(11-21-17)13-6-5-7-19-10-13/h3,5-7,9-12H,1,4,8H2,2H3,(H2,20,22,24). The highest BCUT2D eigenvalue weighted by molar-refractivity contribution is 6.00. The Kier molecular flexibility index (Phi) is 4.56. The van der Waals surface area contributed by atoms with Gasteiger partial charge in [-0.1, -0.05) is 12.1 Å². The highest BCUT2D eigenvalue weighted by Crippen LogP contribution is 2.28. The van der Waals surface area contributed by atoms with Gasteiger partial charge in [0.2, 0.25) is 0 Å². The maximum absolute atomic E-state index is 11.8. The number of nitrogens with zero attached hydrogens (tertiary/aromatic N) is 3. The third-order valence-electron chi connectivity index (χ3n) is 3.62. The van der Waals surface area contributed by atoms with Crippen molar-refractivity contribution in [2.45, 2.75) is 13.5 Å². The van der Waals surface area contributed by atoms with Gasteiger partial charge in [0.25, 0.3) is 0 Å². The van der Waals surface area contributed by atoms with E-state index in [0.717, 1.165) is 22.2 Å². The molecule has 0 spiro atoms. The van der Waals surface area contributed by atoms with Crippen LogP contribution in [0.25, 0.3) is 22.2 Å². The molecule has 6 nitrogen and oxygen atoms in total. The predicted molar refractivity (Wildman–Crippen MR) is 95.9 cm³/mol. The topological polar surface area (TPSA) is 71.8 Å². The van der Waals surface area contributed by atoms with Gasteiger partial charge in [0.15, 0.2) is 0 Å². The molecule has 0 aromatic carbocycles. The first kappa shape index (κ1) is 15.7. The average molecular weight is 321 g/mol. The van der Waals surface area contributed by atoms with Gasteiger partial charge in [-0.3, -0.25) is 9.97 Å². The van der Waals surface area contributed by atoms with Gasteiger partial charge in [-0.2, -0.15) is 0 Å². The molecule has 3 aromatic rings. The highest BCUT2D eigenvalue weighted by Gasteiger charge is 2.13. The van der Waals surface area contributed by atoms with Crippen molar-refractivity contribution in [1.82, 2.24) is 19.9 Å². The minimum atomic E-state index is -0.242. The molecular formula is C18H19N5O. The summed E-state index contributed by atoms with van der Waals surface area (Å²) in [5.74, 6) is 0. The first-order valence-electron chi connectivity index (χ1n) is 7.78. The van der Waals surface area contributed by atoms with Gasteiger partial charge in [0.05, 0.1) is 11.2 Å². The fraction of sp³-hybridized carbons (Fsp3) is 0.167. The van der Waals surface area contributed by atoms with Gasteiger partial charge in [-0.05, 0) is 19.1 Å². The van der Waals surface area contributed by atoms with Crippen molar-refractivity contribution in [1.29, 1.82) is 0 Å². The van der Waals surface area contributed by atoms with Crippen LogP contribution in [-0.2, 0) is 6.54 Å². The Hall–Kier alpha value is -3.15. The summed E-state index contributed by atoms with van der Waals surface area (Å²) in [6.45, 7) is 6.86. The largest absolute Gasteiger partial charge is 0.340 e. The van der Waals surface area contributed by atoms with Crippen LogP contribution < -0.4 is 10.6 Å². The van der Waals surface area contributed by atoms with Crippen molar-refractivity contribution in [3.05, 3.63) is 55.6 Å². The van der Waals surface area contributed by atoms with Crippen LogP contribution in [0.4, 0.5) is 10.5 Å². The zero-order valence-corrected chi connectivity index (χ0v) is 13.5. The molecule has 0 bridgehead atoms. The van der Waals surface area contributed by atoms with Crippen LogP contribution in [0.15, 0.2) is 55.6 Å². The summed E-state index contributed by atoms with van der Waals surface area (Å²) in [4.78, 5) is 20.5. The number of aromatic nitrogens is 3. The second kappa shape index (κ2) is 6.95. The summed E-state index contributed by atoms with van der Waals surface area (Å²) in [7, 11) is 0. The van der Waals surface area contributed by atoms with E-state index < -0.39 is 0 Å². The van der Waals surface area contributed by atoms with Crippen LogP contribution in [-0.4, -0.2) is 27.1 Å². The normalized spacial score (nSPS) is 10.5. The van der Waals surface area contributed by atoms with E-state index in [9.17, 15) is 4.79 Å². The first-order chi connectivity index (χ1) is 11.7. The van der Waals surface area contributed by atoms with Crippen molar-refractivity contribution in [2.75, 3.05) is 11.9 Å². The van der Waals surface area contributed by atoms with Gasteiger partial charge >= 0.3 is 6.03 Å². The van der Waals surface area contributed by atoms with Crippen LogP contribution in [0.2, 0.25) is 0 Å². The van der Waals surface area contributed by atoms with E-state index in [-0.39, 0.29) is 6.03 Å². The zero-order chi connectivity index (χ0) is 16.9. The number of hydrogen-bond donors (Lipinski definition) is 2. The number of nitrogens with one attached hydrogen (secondary N) is 2. The van der Waals surface area contributed by atoms with E-state index in [2.05, 4.69) is 27.2 Å². The molecule has 0 aliphatic heterocycles. The van der Waals surface area contributed by atoms with Crippen LogP contribution in [0.1, 0.15) is 6.92 Å². The molecule has 3 rings (SSSR count). The van der Waals surface area contributed by atoms with Crippen molar-refractivity contribution in [3.63, 3.8) is 0 Å². The number of hydrogen-bond acceptors (Lipinski definition) is 3. The number of pyridine rings is 2. The van der Waals surface area contributed by atoms with Crippen molar-refractivity contribution in [2.24, 2.45) is 0 Å². The van der Waals surface area contributed by atoms with E-state index in [1.165, 1.54) is 0 Å². The molecule has 0 atom stereocenters. The molecule has 3 heterocycles. The molecule has 122 valence electrons. The van der Waals surface area contributed by atoms with Crippen LogP contribution in [0.5, 0.6) is 0 Å². The summed E-state index contributed by atoms with van der Waals surface area (Å²) >= 11 is 0. The Morgan fingerprint density at radius 1 is 1.38 bits per heavy atom. The maximum Gasteiger partial charge on any atom is 0.319 e. The number of amides is 2. The second-order valence-electron chi connectivity index (χ2n) is 5.30. The number of urea groups is 1. The smallest absolute Gasteiger partial charge is 0.319 e. The number of allylic oxidation sites excluding steroid dienone is 1. The summed E-state index contributed by atoms with van der Waals surface area (Å²) in [5.41, 5.74) is 4.33. The zero-order valence-electron chi connectivity index (χ0n) is 13.5. The summed E-state index contributed by atoms with van der Waals surface area (Å²) < 4.78 is 2.01. The highest BCUT2D eigenvalue weighted by atomic mass is 16.2. The SMILES string of the molecule is C=CCn1cc(NC(=O)NCC)c2ncc(-c3cccnc3)cc21. The van der Waals surface area contributed by atoms with Crippen LogP contribution in [0, 0.1) is 0 Å². The summed E-state index contributed by atoms with van der Waals surface area (Å²) in [5, 5.41) is 5.57. The van der Waals surface area contributed by atoms with Gasteiger partial charge in [-0.25, -0.2) is 4.79 Å². The number of anilines is 1. The predicted octanol–water partition coefficient (Wildman–Crippen LogP) is 3.43. The van der Waals surface area contributed by atoms with E-state index in [1.807, 2.05) is 42.0 Å². The maximum atomic E-state index is 11.8. The molecule has 0 fully saturated rings. The monoisotopic (exact) mass is 321 g/mol. The van der Waals surface area contributed by atoms with E-state index >= 15 is 0 Å². The Morgan fingerprint density at radius 2 is 2.25 bits per heavy atom. The van der Waals surface area contributed by atoms with E-state index in [4.69, 9.17) is 0 Å². The van der Waals surface area contributed by atoms with E-state index in [1.54, 1.807) is 18.6 Å². The minimum absolute atomic E-state index is 0.242. The Morgan fingerprint density at radius 3 is 2.96 bits per heavy atom. The molecule has 6 heteroatoms. The number of rotatable bonds is 5. The number of carbonyl (C=O) groups excluding carboxylic acids is 1. The molecule has 2 N–H and O–H groups in total. The van der Waals surface area contributed by atoms with E-state index in [0.29, 0.717) is 18.8 Å². The van der Waals surface area contributed by atoms with Crippen LogP contribution >= 0.6 is 0 Å². The van der Waals surface area contributed by atoms with Crippen molar-refractivity contribution >= 4 is 22.8 Å². The lowest BCUT2D eigenvalue weighted by atomic mass is 10.1. The fourth-order valence-electron chi connectivity index (χ4n) is 2.57. The molecule has 0 saturated carbocycles. The number of fused-ring (bicyclic) bond motifs is 1. The van der Waals surface area contributed by atoms with Crippen LogP contribution in [0.3, 0.4) is 0 Å². The van der Waals surface area contributed by atoms with Crippen molar-refractivity contribution < 1.29 is 4.79 Å². The molecule has 0 aliphatic carbocycles. The quantitative estimate of drug-likeness (QED) is 0.707. The molecule has 0 aliphatic rings. The molecule has 3 aromatic heterocycles. The number of carbonyl (C=O) groups is 1. The third-order valence-corrected chi connectivity index (χ3v) is 3.62.